The molecule has 2 rings (SSSR count). The molecule has 0 aliphatic carbocycles. The van der Waals surface area contributed by atoms with Gasteiger partial charge in [-0.05, 0) is 74.0 Å². The van der Waals surface area contributed by atoms with Gasteiger partial charge < -0.3 is 10.1 Å². The van der Waals surface area contributed by atoms with Gasteiger partial charge in [0.15, 0.2) is 0 Å². The number of aryl methyl sites for hydroxylation is 2. The third-order valence-electron chi connectivity index (χ3n) is 4.14. The normalized spacial score (nSPS) is 12.5. The van der Waals surface area contributed by atoms with Crippen molar-refractivity contribution < 1.29 is 4.74 Å². The number of ether oxygens (including phenoxy) is 1. The first kappa shape index (κ1) is 15.1. The lowest BCUT2D eigenvalue weighted by atomic mass is 9.89. The highest BCUT2D eigenvalue weighted by Crippen LogP contribution is 2.38. The van der Waals surface area contributed by atoms with Crippen LogP contribution in [0.2, 0.25) is 0 Å². The van der Waals surface area contributed by atoms with E-state index in [9.17, 15) is 0 Å². The molecule has 3 heteroatoms. The van der Waals surface area contributed by atoms with Crippen LogP contribution in [0.3, 0.4) is 0 Å². The summed E-state index contributed by atoms with van der Waals surface area (Å²) in [4.78, 5) is 1.24. The fourth-order valence-electron chi connectivity index (χ4n) is 2.78. The molecule has 1 unspecified atom stereocenters. The lowest BCUT2D eigenvalue weighted by Crippen LogP contribution is -2.20. The second kappa shape index (κ2) is 5.98. The van der Waals surface area contributed by atoms with Crippen LogP contribution in [0, 0.1) is 27.7 Å². The lowest BCUT2D eigenvalue weighted by molar-refractivity contribution is 0.408. The molecule has 0 aliphatic rings. The fourth-order valence-corrected chi connectivity index (χ4v) is 3.75. The first-order valence-electron chi connectivity index (χ1n) is 6.87. The molecule has 0 amide bonds. The molecule has 1 N–H and O–H groups in total. The van der Waals surface area contributed by atoms with E-state index in [-0.39, 0.29) is 6.04 Å². The van der Waals surface area contributed by atoms with Crippen molar-refractivity contribution in [3.05, 3.63) is 50.2 Å². The summed E-state index contributed by atoms with van der Waals surface area (Å²) in [6, 6.07) is 4.49. The van der Waals surface area contributed by atoms with E-state index in [1.807, 2.05) is 13.1 Å². The zero-order valence-corrected chi connectivity index (χ0v) is 13.9. The maximum Gasteiger partial charge on any atom is 0.134 e. The predicted octanol–water partition coefficient (Wildman–Crippen LogP) is 4.30. The molecule has 0 aliphatic heterocycles. The van der Waals surface area contributed by atoms with Crippen LogP contribution in [-0.4, -0.2) is 14.2 Å². The van der Waals surface area contributed by atoms with Crippen molar-refractivity contribution in [2.75, 3.05) is 14.2 Å². The van der Waals surface area contributed by atoms with Crippen LogP contribution in [0.15, 0.2) is 17.5 Å². The lowest BCUT2D eigenvalue weighted by Gasteiger charge is -2.24. The van der Waals surface area contributed by atoms with Gasteiger partial charge in [-0.2, -0.15) is 0 Å². The number of benzene rings is 1. The highest BCUT2D eigenvalue weighted by molar-refractivity contribution is 7.10. The van der Waals surface area contributed by atoms with Crippen LogP contribution in [0.1, 0.15) is 38.7 Å². The molecular weight excluding hydrogens is 266 g/mol. The first-order chi connectivity index (χ1) is 9.51. The first-order valence-corrected chi connectivity index (χ1v) is 7.75. The fraction of sp³-hybridized carbons (Fsp3) is 0.412. The molecule has 20 heavy (non-hydrogen) atoms. The largest absolute Gasteiger partial charge is 0.496 e. The van der Waals surface area contributed by atoms with E-state index in [1.54, 1.807) is 18.4 Å². The Morgan fingerprint density at radius 2 is 1.70 bits per heavy atom. The Labute approximate surface area is 125 Å². The topological polar surface area (TPSA) is 21.3 Å². The van der Waals surface area contributed by atoms with E-state index in [4.69, 9.17) is 4.74 Å². The number of rotatable bonds is 4. The summed E-state index contributed by atoms with van der Waals surface area (Å²) in [6.45, 7) is 8.79. The minimum absolute atomic E-state index is 0.184. The summed E-state index contributed by atoms with van der Waals surface area (Å²) >= 11 is 1.74. The number of hydrogen-bond acceptors (Lipinski definition) is 3. The molecule has 0 saturated heterocycles. The zero-order valence-electron chi connectivity index (χ0n) is 13.1. The van der Waals surface area contributed by atoms with Gasteiger partial charge in [0.05, 0.1) is 18.0 Å². The van der Waals surface area contributed by atoms with Gasteiger partial charge in [-0.25, -0.2) is 0 Å². The Hall–Kier alpha value is -1.32. The highest BCUT2D eigenvalue weighted by atomic mass is 32.1. The molecule has 0 bridgehead atoms. The van der Waals surface area contributed by atoms with Crippen molar-refractivity contribution in [1.29, 1.82) is 0 Å². The number of hydrogen-bond donors (Lipinski definition) is 1. The van der Waals surface area contributed by atoms with Crippen LogP contribution >= 0.6 is 11.3 Å². The van der Waals surface area contributed by atoms with Gasteiger partial charge in [0, 0.05) is 0 Å². The van der Waals surface area contributed by atoms with Gasteiger partial charge in [0.25, 0.3) is 0 Å². The molecule has 1 aromatic carbocycles. The van der Waals surface area contributed by atoms with Crippen LogP contribution in [0.4, 0.5) is 0 Å². The summed E-state index contributed by atoms with van der Waals surface area (Å²) in [5.74, 6) is 0.965. The van der Waals surface area contributed by atoms with Gasteiger partial charge in [0.1, 0.15) is 5.75 Å². The van der Waals surface area contributed by atoms with E-state index in [0.29, 0.717) is 0 Å². The molecule has 108 valence electrons. The number of thiophene rings is 1. The predicted molar refractivity (Wildman–Crippen MR) is 87.2 cm³/mol. The SMILES string of the molecule is CNC(c1sccc1OC)c1c(C)c(C)cc(C)c1C. The van der Waals surface area contributed by atoms with E-state index < -0.39 is 0 Å². The minimum Gasteiger partial charge on any atom is -0.496 e. The minimum atomic E-state index is 0.184. The van der Waals surface area contributed by atoms with Crippen LogP contribution in [0.25, 0.3) is 0 Å². The van der Waals surface area contributed by atoms with Crippen molar-refractivity contribution in [2.45, 2.75) is 33.7 Å². The van der Waals surface area contributed by atoms with Gasteiger partial charge in [-0.3, -0.25) is 0 Å². The summed E-state index contributed by atoms with van der Waals surface area (Å²) in [6.07, 6.45) is 0. The van der Waals surface area contributed by atoms with E-state index in [0.717, 1.165) is 5.75 Å². The summed E-state index contributed by atoms with van der Waals surface area (Å²) in [5, 5.41) is 5.55. The van der Waals surface area contributed by atoms with Crippen LogP contribution in [-0.2, 0) is 0 Å². The van der Waals surface area contributed by atoms with Crippen molar-refractivity contribution in [3.63, 3.8) is 0 Å². The molecule has 0 saturated carbocycles. The van der Waals surface area contributed by atoms with Gasteiger partial charge in [-0.1, -0.05) is 6.07 Å². The van der Waals surface area contributed by atoms with Crippen molar-refractivity contribution in [3.8, 4) is 5.75 Å². The van der Waals surface area contributed by atoms with Crippen molar-refractivity contribution in [2.24, 2.45) is 0 Å². The Morgan fingerprint density at radius 1 is 1.10 bits per heavy atom. The van der Waals surface area contributed by atoms with Crippen LogP contribution in [0.5, 0.6) is 5.75 Å². The van der Waals surface area contributed by atoms with Crippen molar-refractivity contribution in [1.82, 2.24) is 5.32 Å². The smallest absolute Gasteiger partial charge is 0.134 e. The Bertz CT molecular complexity index is 589. The quantitative estimate of drug-likeness (QED) is 0.906. The highest BCUT2D eigenvalue weighted by Gasteiger charge is 2.23. The van der Waals surface area contributed by atoms with Crippen molar-refractivity contribution >= 4 is 11.3 Å². The average Bonchev–Trinajstić information content (AvgIpc) is 2.89. The molecule has 0 radical (unpaired) electrons. The van der Waals surface area contributed by atoms with Gasteiger partial charge in [-0.15, -0.1) is 11.3 Å². The third-order valence-corrected chi connectivity index (χ3v) is 5.10. The molecule has 1 heterocycles. The van der Waals surface area contributed by atoms with Crippen LogP contribution < -0.4 is 10.1 Å². The Kier molecular flexibility index (Phi) is 4.51. The van der Waals surface area contributed by atoms with E-state index >= 15 is 0 Å². The molecule has 0 fully saturated rings. The molecule has 2 aromatic rings. The summed E-state index contributed by atoms with van der Waals surface area (Å²) < 4.78 is 5.50. The third kappa shape index (κ3) is 2.48. The summed E-state index contributed by atoms with van der Waals surface area (Å²) in [7, 11) is 3.75. The Balaban J connectivity index is 2.64. The summed E-state index contributed by atoms with van der Waals surface area (Å²) in [5.41, 5.74) is 6.80. The molecule has 0 spiro atoms. The average molecular weight is 289 g/mol. The van der Waals surface area contributed by atoms with E-state index in [2.05, 4.69) is 44.5 Å². The molecular formula is C17H23NOS. The zero-order chi connectivity index (χ0) is 14.9. The second-order valence-corrected chi connectivity index (χ2v) is 6.20. The van der Waals surface area contributed by atoms with Gasteiger partial charge in [0.2, 0.25) is 0 Å². The maximum absolute atomic E-state index is 5.50. The monoisotopic (exact) mass is 289 g/mol. The Morgan fingerprint density at radius 3 is 2.20 bits per heavy atom. The number of methoxy groups -OCH3 is 1. The molecule has 1 atom stereocenters. The second-order valence-electron chi connectivity index (χ2n) is 5.25. The number of nitrogens with one attached hydrogen (secondary N) is 1. The maximum atomic E-state index is 5.50. The van der Waals surface area contributed by atoms with Gasteiger partial charge >= 0.3 is 0 Å². The molecule has 2 nitrogen and oxygen atoms in total. The van der Waals surface area contributed by atoms with E-state index in [1.165, 1.54) is 32.7 Å². The molecule has 1 aromatic heterocycles. The standard InChI is InChI=1S/C17H23NOS/c1-10-9-11(2)13(4)15(12(10)3)16(18-5)17-14(19-6)7-8-20-17/h7-9,16,18H,1-6H3.